The van der Waals surface area contributed by atoms with Crippen LogP contribution in [-0.2, 0) is 14.3 Å². The van der Waals surface area contributed by atoms with E-state index >= 15 is 0 Å². The lowest BCUT2D eigenvalue weighted by atomic mass is 10.1. The van der Waals surface area contributed by atoms with Crippen LogP contribution in [0.2, 0.25) is 0 Å². The maximum Gasteiger partial charge on any atom is 0.240 e. The molecule has 1 unspecified atom stereocenters. The van der Waals surface area contributed by atoms with Crippen LogP contribution >= 0.6 is 11.8 Å². The van der Waals surface area contributed by atoms with Gasteiger partial charge in [-0.05, 0) is 31.5 Å². The van der Waals surface area contributed by atoms with Crippen LogP contribution in [0.15, 0.2) is 29.2 Å². The van der Waals surface area contributed by atoms with Crippen molar-refractivity contribution in [2.45, 2.75) is 36.9 Å². The lowest BCUT2D eigenvalue weighted by molar-refractivity contribution is -0.129. The highest BCUT2D eigenvalue weighted by Crippen LogP contribution is 2.21. The molecule has 1 aliphatic rings. The van der Waals surface area contributed by atoms with Gasteiger partial charge in [-0.1, -0.05) is 12.1 Å². The van der Waals surface area contributed by atoms with Crippen molar-refractivity contribution in [3.05, 3.63) is 29.8 Å². The quantitative estimate of drug-likeness (QED) is 0.588. The lowest BCUT2D eigenvalue weighted by Crippen LogP contribution is -2.55. The molecular weight excluding hydrogens is 312 g/mol. The molecule has 3 atom stereocenters. The molecule has 1 aromatic rings. The first kappa shape index (κ1) is 18.3. The van der Waals surface area contributed by atoms with Gasteiger partial charge in [0, 0.05) is 24.3 Å². The van der Waals surface area contributed by atoms with Gasteiger partial charge in [-0.3, -0.25) is 4.79 Å². The number of ether oxygens (including phenoxy) is 2. The summed E-state index contributed by atoms with van der Waals surface area (Å²) >= 11 is 1.76. The third kappa shape index (κ3) is 5.49. The second kappa shape index (κ2) is 9.27. The van der Waals surface area contributed by atoms with E-state index in [9.17, 15) is 4.79 Å². The number of nitrogens with one attached hydrogen (secondary N) is 2. The van der Waals surface area contributed by atoms with Gasteiger partial charge in [0.1, 0.15) is 6.04 Å². The standard InChI is InChI=1S/C17H26N2O3S/c1-12(19-17(20)16-13(2)22-9-8-18-16)14-4-6-15(7-5-14)23-11-10-21-3/h4-7,12-13,16,18H,8-11H2,1-3H3,(H,19,20)/t12?,13-,16+/m1/s1. The van der Waals surface area contributed by atoms with Crippen LogP contribution < -0.4 is 10.6 Å². The Morgan fingerprint density at radius 3 is 2.87 bits per heavy atom. The monoisotopic (exact) mass is 338 g/mol. The molecule has 0 spiro atoms. The maximum absolute atomic E-state index is 12.4. The first-order valence-electron chi connectivity index (χ1n) is 7.99. The number of rotatable bonds is 7. The summed E-state index contributed by atoms with van der Waals surface area (Å²) in [6, 6.07) is 7.99. The number of thioether (sulfide) groups is 1. The fourth-order valence-electron chi connectivity index (χ4n) is 2.51. The lowest BCUT2D eigenvalue weighted by Gasteiger charge is -2.30. The molecule has 5 nitrogen and oxygen atoms in total. The van der Waals surface area contributed by atoms with Gasteiger partial charge in [-0.25, -0.2) is 0 Å². The molecule has 1 saturated heterocycles. The van der Waals surface area contributed by atoms with Gasteiger partial charge < -0.3 is 20.1 Å². The SMILES string of the molecule is COCCSc1ccc(C(C)NC(=O)[C@H]2NCCO[C@@H]2C)cc1. The Kier molecular flexibility index (Phi) is 7.36. The Morgan fingerprint density at radius 1 is 1.48 bits per heavy atom. The largest absolute Gasteiger partial charge is 0.384 e. The Hall–Kier alpha value is -1.08. The molecule has 1 heterocycles. The summed E-state index contributed by atoms with van der Waals surface area (Å²) in [6.07, 6.45) is -0.101. The molecule has 1 aliphatic heterocycles. The van der Waals surface area contributed by atoms with Crippen molar-refractivity contribution >= 4 is 17.7 Å². The number of hydrogen-bond acceptors (Lipinski definition) is 5. The highest BCUT2D eigenvalue weighted by atomic mass is 32.2. The second-order valence-electron chi connectivity index (χ2n) is 5.65. The average molecular weight is 338 g/mol. The number of hydrogen-bond donors (Lipinski definition) is 2. The van der Waals surface area contributed by atoms with Crippen molar-refractivity contribution < 1.29 is 14.3 Å². The number of amides is 1. The molecule has 0 saturated carbocycles. The zero-order chi connectivity index (χ0) is 16.7. The van der Waals surface area contributed by atoms with Gasteiger partial charge in [0.05, 0.1) is 25.4 Å². The molecule has 1 amide bonds. The summed E-state index contributed by atoms with van der Waals surface area (Å²) < 4.78 is 10.6. The van der Waals surface area contributed by atoms with Crippen LogP contribution in [0, 0.1) is 0 Å². The van der Waals surface area contributed by atoms with Crippen LogP contribution in [0.3, 0.4) is 0 Å². The van der Waals surface area contributed by atoms with E-state index in [2.05, 4.69) is 34.9 Å². The minimum absolute atomic E-state index is 0.0109. The molecule has 23 heavy (non-hydrogen) atoms. The topological polar surface area (TPSA) is 59.6 Å². The first-order valence-corrected chi connectivity index (χ1v) is 8.97. The van der Waals surface area contributed by atoms with Crippen molar-refractivity contribution in [3.63, 3.8) is 0 Å². The van der Waals surface area contributed by atoms with Crippen LogP contribution in [0.25, 0.3) is 0 Å². The maximum atomic E-state index is 12.4. The van der Waals surface area contributed by atoms with Crippen molar-refractivity contribution in [2.75, 3.05) is 32.6 Å². The van der Waals surface area contributed by atoms with E-state index in [0.717, 1.165) is 17.9 Å². The van der Waals surface area contributed by atoms with E-state index in [1.54, 1.807) is 18.9 Å². The van der Waals surface area contributed by atoms with E-state index in [1.165, 1.54) is 4.90 Å². The zero-order valence-electron chi connectivity index (χ0n) is 14.0. The second-order valence-corrected chi connectivity index (χ2v) is 6.82. The van der Waals surface area contributed by atoms with E-state index in [-0.39, 0.29) is 24.1 Å². The summed E-state index contributed by atoms with van der Waals surface area (Å²) in [5.41, 5.74) is 1.10. The Bertz CT molecular complexity index is 495. The average Bonchev–Trinajstić information content (AvgIpc) is 2.56. The fraction of sp³-hybridized carbons (Fsp3) is 0.588. The molecule has 0 radical (unpaired) electrons. The number of methoxy groups -OCH3 is 1. The van der Waals surface area contributed by atoms with Crippen molar-refractivity contribution in [3.8, 4) is 0 Å². The Balaban J connectivity index is 1.87. The predicted molar refractivity (Wildman–Crippen MR) is 92.8 cm³/mol. The Morgan fingerprint density at radius 2 is 2.22 bits per heavy atom. The van der Waals surface area contributed by atoms with Gasteiger partial charge in [-0.15, -0.1) is 11.8 Å². The van der Waals surface area contributed by atoms with Gasteiger partial charge in [0.2, 0.25) is 5.91 Å². The molecule has 0 aromatic heterocycles. The van der Waals surface area contributed by atoms with E-state index in [4.69, 9.17) is 9.47 Å². The van der Waals surface area contributed by atoms with Gasteiger partial charge in [0.15, 0.2) is 0 Å². The van der Waals surface area contributed by atoms with E-state index in [1.807, 2.05) is 13.8 Å². The van der Waals surface area contributed by atoms with E-state index < -0.39 is 0 Å². The minimum Gasteiger partial charge on any atom is -0.384 e. The molecule has 2 rings (SSSR count). The summed E-state index contributed by atoms with van der Waals surface area (Å²) in [6.45, 7) is 6.03. The molecule has 0 aliphatic carbocycles. The normalized spacial score (nSPS) is 22.6. The van der Waals surface area contributed by atoms with Gasteiger partial charge >= 0.3 is 0 Å². The summed E-state index contributed by atoms with van der Waals surface area (Å²) in [4.78, 5) is 13.6. The number of benzene rings is 1. The smallest absolute Gasteiger partial charge is 0.240 e. The fourth-order valence-corrected chi connectivity index (χ4v) is 3.32. The van der Waals surface area contributed by atoms with E-state index in [0.29, 0.717) is 13.2 Å². The van der Waals surface area contributed by atoms with Crippen LogP contribution in [0.5, 0.6) is 0 Å². The third-order valence-corrected chi connectivity index (χ3v) is 4.87. The van der Waals surface area contributed by atoms with Crippen molar-refractivity contribution in [2.24, 2.45) is 0 Å². The number of carbonyl (C=O) groups is 1. The third-order valence-electron chi connectivity index (χ3n) is 3.89. The first-order chi connectivity index (χ1) is 11.1. The molecule has 1 aromatic carbocycles. The summed E-state index contributed by atoms with van der Waals surface area (Å²) in [7, 11) is 1.71. The van der Waals surface area contributed by atoms with Crippen LogP contribution in [-0.4, -0.2) is 50.7 Å². The minimum atomic E-state index is -0.282. The van der Waals surface area contributed by atoms with Crippen LogP contribution in [0.4, 0.5) is 0 Å². The van der Waals surface area contributed by atoms with Gasteiger partial charge in [-0.2, -0.15) is 0 Å². The number of morpholine rings is 1. The molecule has 128 valence electrons. The van der Waals surface area contributed by atoms with Gasteiger partial charge in [0.25, 0.3) is 0 Å². The predicted octanol–water partition coefficient (Wildman–Crippen LogP) is 1.98. The van der Waals surface area contributed by atoms with Crippen molar-refractivity contribution in [1.29, 1.82) is 0 Å². The molecule has 0 bridgehead atoms. The summed E-state index contributed by atoms with van der Waals surface area (Å²) in [5, 5.41) is 6.27. The van der Waals surface area contributed by atoms with Crippen LogP contribution in [0.1, 0.15) is 25.5 Å². The number of carbonyl (C=O) groups excluding carboxylic acids is 1. The highest BCUT2D eigenvalue weighted by molar-refractivity contribution is 7.99. The molecule has 1 fully saturated rings. The molecule has 2 N–H and O–H groups in total. The zero-order valence-corrected chi connectivity index (χ0v) is 14.8. The Labute approximate surface area is 142 Å². The highest BCUT2D eigenvalue weighted by Gasteiger charge is 2.29. The van der Waals surface area contributed by atoms with Crippen molar-refractivity contribution in [1.82, 2.24) is 10.6 Å². The molecular formula is C17H26N2O3S. The summed E-state index contributed by atoms with van der Waals surface area (Å²) in [5.74, 6) is 0.927. The molecule has 6 heteroatoms.